The molecule has 0 saturated carbocycles. The topological polar surface area (TPSA) is 49.8 Å². The number of aryl methyl sites for hydroxylation is 1. The Morgan fingerprint density at radius 1 is 1.48 bits per heavy atom. The Balaban J connectivity index is 1.53. The third-order valence-electron chi connectivity index (χ3n) is 5.62. The zero-order valence-electron chi connectivity index (χ0n) is 13.9. The average Bonchev–Trinajstić information content (AvgIpc) is 3.09. The second-order valence-electron chi connectivity index (χ2n) is 7.00. The van der Waals surface area contributed by atoms with E-state index in [1.165, 1.54) is 5.56 Å². The number of hydrogen-bond donors (Lipinski definition) is 1. The summed E-state index contributed by atoms with van der Waals surface area (Å²) in [5.74, 6) is 0.663. The van der Waals surface area contributed by atoms with Crippen LogP contribution in [0.3, 0.4) is 0 Å². The SMILES string of the molecule is C[C@@H]1CN(C(=O)CCc2ccsc2)CC[C@@]1(O)C1CCOCC1. The number of ether oxygens (including phenoxy) is 1. The van der Waals surface area contributed by atoms with Gasteiger partial charge in [-0.25, -0.2) is 0 Å². The summed E-state index contributed by atoms with van der Waals surface area (Å²) < 4.78 is 5.42. The molecule has 128 valence electrons. The second kappa shape index (κ2) is 7.32. The van der Waals surface area contributed by atoms with E-state index in [9.17, 15) is 9.90 Å². The Morgan fingerprint density at radius 3 is 2.91 bits per heavy atom. The molecule has 1 amide bonds. The lowest BCUT2D eigenvalue weighted by Crippen LogP contribution is -2.56. The molecule has 4 nitrogen and oxygen atoms in total. The number of rotatable bonds is 4. The molecule has 0 aliphatic carbocycles. The van der Waals surface area contributed by atoms with Crippen LogP contribution in [0.5, 0.6) is 0 Å². The first kappa shape index (κ1) is 16.9. The first-order chi connectivity index (χ1) is 11.1. The highest BCUT2D eigenvalue weighted by Gasteiger charge is 2.45. The number of piperidine rings is 1. The third kappa shape index (κ3) is 3.78. The summed E-state index contributed by atoms with van der Waals surface area (Å²) in [6.07, 6.45) is 3.96. The van der Waals surface area contributed by atoms with Crippen molar-refractivity contribution < 1.29 is 14.6 Å². The van der Waals surface area contributed by atoms with Gasteiger partial charge in [-0.2, -0.15) is 11.3 Å². The zero-order chi connectivity index (χ0) is 16.3. The van der Waals surface area contributed by atoms with Crippen molar-refractivity contribution in [3.05, 3.63) is 22.4 Å². The van der Waals surface area contributed by atoms with Crippen molar-refractivity contribution >= 4 is 17.2 Å². The molecular weight excluding hydrogens is 310 g/mol. The van der Waals surface area contributed by atoms with E-state index in [-0.39, 0.29) is 11.8 Å². The fourth-order valence-electron chi connectivity index (χ4n) is 4.02. The fraction of sp³-hybridized carbons (Fsp3) is 0.722. The van der Waals surface area contributed by atoms with Crippen molar-refractivity contribution in [3.63, 3.8) is 0 Å². The highest BCUT2D eigenvalue weighted by Crippen LogP contribution is 2.39. The molecule has 3 heterocycles. The number of amides is 1. The van der Waals surface area contributed by atoms with E-state index in [0.29, 0.717) is 31.8 Å². The summed E-state index contributed by atoms with van der Waals surface area (Å²) in [5, 5.41) is 15.3. The van der Waals surface area contributed by atoms with Gasteiger partial charge >= 0.3 is 0 Å². The van der Waals surface area contributed by atoms with Gasteiger partial charge in [-0.15, -0.1) is 0 Å². The number of nitrogens with zero attached hydrogens (tertiary/aromatic N) is 1. The number of aliphatic hydroxyl groups is 1. The van der Waals surface area contributed by atoms with E-state index < -0.39 is 5.60 Å². The van der Waals surface area contributed by atoms with Crippen molar-refractivity contribution in [2.45, 2.75) is 44.6 Å². The maximum absolute atomic E-state index is 12.5. The molecule has 0 unspecified atom stereocenters. The smallest absolute Gasteiger partial charge is 0.222 e. The fourth-order valence-corrected chi connectivity index (χ4v) is 4.72. The molecule has 5 heteroatoms. The van der Waals surface area contributed by atoms with E-state index in [0.717, 1.165) is 32.5 Å². The van der Waals surface area contributed by atoms with Crippen LogP contribution >= 0.6 is 11.3 Å². The highest BCUT2D eigenvalue weighted by atomic mass is 32.1. The second-order valence-corrected chi connectivity index (χ2v) is 7.78. The zero-order valence-corrected chi connectivity index (χ0v) is 14.7. The highest BCUT2D eigenvalue weighted by molar-refractivity contribution is 7.07. The molecule has 3 rings (SSSR count). The van der Waals surface area contributed by atoms with Gasteiger partial charge in [-0.3, -0.25) is 4.79 Å². The largest absolute Gasteiger partial charge is 0.389 e. The van der Waals surface area contributed by atoms with Crippen LogP contribution in [0.2, 0.25) is 0 Å². The van der Waals surface area contributed by atoms with Crippen molar-refractivity contribution in [1.29, 1.82) is 0 Å². The molecule has 0 aromatic carbocycles. The molecule has 2 saturated heterocycles. The molecule has 23 heavy (non-hydrogen) atoms. The van der Waals surface area contributed by atoms with Gasteiger partial charge in [-0.05, 0) is 54.0 Å². The van der Waals surface area contributed by atoms with Crippen LogP contribution in [0.15, 0.2) is 16.8 Å². The number of hydrogen-bond acceptors (Lipinski definition) is 4. The Hall–Kier alpha value is -0.910. The maximum Gasteiger partial charge on any atom is 0.222 e. The van der Waals surface area contributed by atoms with E-state index >= 15 is 0 Å². The summed E-state index contributed by atoms with van der Waals surface area (Å²) in [4.78, 5) is 14.4. The molecule has 0 radical (unpaired) electrons. The number of thiophene rings is 1. The molecule has 2 fully saturated rings. The molecule has 2 aliphatic heterocycles. The molecule has 2 aliphatic rings. The van der Waals surface area contributed by atoms with Crippen molar-refractivity contribution in [1.82, 2.24) is 4.90 Å². The van der Waals surface area contributed by atoms with Crippen LogP contribution in [0, 0.1) is 11.8 Å². The summed E-state index contributed by atoms with van der Waals surface area (Å²) in [6, 6.07) is 2.08. The Morgan fingerprint density at radius 2 is 2.26 bits per heavy atom. The first-order valence-electron chi connectivity index (χ1n) is 8.68. The summed E-state index contributed by atoms with van der Waals surface area (Å²) in [5.41, 5.74) is 0.612. The number of likely N-dealkylation sites (tertiary alicyclic amines) is 1. The van der Waals surface area contributed by atoms with Crippen LogP contribution in [-0.2, 0) is 16.0 Å². The van der Waals surface area contributed by atoms with Crippen LogP contribution in [0.1, 0.15) is 38.2 Å². The van der Waals surface area contributed by atoms with E-state index in [1.54, 1.807) is 11.3 Å². The summed E-state index contributed by atoms with van der Waals surface area (Å²) >= 11 is 1.67. The Bertz CT molecular complexity index is 512. The molecule has 0 bridgehead atoms. The molecule has 0 spiro atoms. The number of carbonyl (C=O) groups is 1. The molecule has 2 atom stereocenters. The average molecular weight is 337 g/mol. The quantitative estimate of drug-likeness (QED) is 0.919. The first-order valence-corrected chi connectivity index (χ1v) is 9.63. The van der Waals surface area contributed by atoms with Crippen LogP contribution < -0.4 is 0 Å². The minimum Gasteiger partial charge on any atom is -0.389 e. The van der Waals surface area contributed by atoms with E-state index in [2.05, 4.69) is 23.8 Å². The normalized spacial score (nSPS) is 29.7. The minimum absolute atomic E-state index is 0.129. The van der Waals surface area contributed by atoms with Gasteiger partial charge in [0, 0.05) is 38.6 Å². The number of carbonyl (C=O) groups excluding carboxylic acids is 1. The lowest BCUT2D eigenvalue weighted by molar-refractivity contribution is -0.151. The van der Waals surface area contributed by atoms with Gasteiger partial charge in [0.05, 0.1) is 5.60 Å². The van der Waals surface area contributed by atoms with Gasteiger partial charge in [0.2, 0.25) is 5.91 Å². The minimum atomic E-state index is -0.631. The summed E-state index contributed by atoms with van der Waals surface area (Å²) in [7, 11) is 0. The molecule has 1 aromatic rings. The van der Waals surface area contributed by atoms with Crippen molar-refractivity contribution in [3.8, 4) is 0 Å². The van der Waals surface area contributed by atoms with Gasteiger partial charge < -0.3 is 14.7 Å². The standard InChI is InChI=1S/C18H27NO3S/c1-14-12-19(17(20)3-2-15-6-11-23-13-15)8-7-18(14,21)16-4-9-22-10-5-16/h6,11,13-14,16,21H,2-5,7-10,12H2,1H3/t14-,18+/m1/s1. The van der Waals surface area contributed by atoms with Gasteiger partial charge in [-0.1, -0.05) is 6.92 Å². The molecular formula is C18H27NO3S. The van der Waals surface area contributed by atoms with Crippen molar-refractivity contribution in [2.75, 3.05) is 26.3 Å². The van der Waals surface area contributed by atoms with Gasteiger partial charge in [0.25, 0.3) is 0 Å². The Kier molecular flexibility index (Phi) is 5.39. The van der Waals surface area contributed by atoms with Gasteiger partial charge in [0.1, 0.15) is 0 Å². The maximum atomic E-state index is 12.5. The summed E-state index contributed by atoms with van der Waals surface area (Å²) in [6.45, 7) is 4.96. The van der Waals surface area contributed by atoms with Crippen LogP contribution in [0.4, 0.5) is 0 Å². The third-order valence-corrected chi connectivity index (χ3v) is 6.35. The lowest BCUT2D eigenvalue weighted by Gasteiger charge is -2.48. The van der Waals surface area contributed by atoms with E-state index in [1.807, 2.05) is 4.90 Å². The predicted molar refractivity (Wildman–Crippen MR) is 91.5 cm³/mol. The monoisotopic (exact) mass is 337 g/mol. The predicted octanol–water partition coefficient (Wildman–Crippen LogP) is 2.71. The molecule has 1 aromatic heterocycles. The van der Waals surface area contributed by atoms with Crippen LogP contribution in [0.25, 0.3) is 0 Å². The Labute approximate surface area is 142 Å². The lowest BCUT2D eigenvalue weighted by atomic mass is 9.70. The van der Waals surface area contributed by atoms with Crippen molar-refractivity contribution in [2.24, 2.45) is 11.8 Å². The van der Waals surface area contributed by atoms with Crippen LogP contribution in [-0.4, -0.2) is 47.8 Å². The molecule has 1 N–H and O–H groups in total. The van der Waals surface area contributed by atoms with Gasteiger partial charge in [0.15, 0.2) is 0 Å². The van der Waals surface area contributed by atoms with E-state index in [4.69, 9.17) is 4.74 Å².